The Labute approximate surface area is 192 Å². The predicted octanol–water partition coefficient (Wildman–Crippen LogP) is 4.17. The van der Waals surface area contributed by atoms with Crippen molar-refractivity contribution in [1.29, 1.82) is 0 Å². The fourth-order valence-corrected chi connectivity index (χ4v) is 5.11. The van der Waals surface area contributed by atoms with E-state index in [1.807, 2.05) is 4.90 Å². The number of carbonyl (C=O) groups excluding carboxylic acids is 1. The number of aryl methyl sites for hydroxylation is 1. The number of rotatable bonds is 2. The maximum Gasteiger partial charge on any atom is 0.417 e. The Kier molecular flexibility index (Phi) is 5.32. The third kappa shape index (κ3) is 3.74. The highest BCUT2D eigenvalue weighted by Gasteiger charge is 2.49. The number of alkyl halides is 3. The number of halogens is 5. The molecule has 0 saturated carbocycles. The highest BCUT2D eigenvalue weighted by molar-refractivity contribution is 6.34. The molecule has 1 aromatic carbocycles. The monoisotopic (exact) mass is 481 g/mol. The molecule has 2 saturated heterocycles. The van der Waals surface area contributed by atoms with Crippen LogP contribution >= 0.6 is 11.6 Å². The van der Waals surface area contributed by atoms with E-state index < -0.39 is 34.7 Å². The molecule has 2 bridgehead atoms. The zero-order chi connectivity index (χ0) is 23.5. The number of hydrogen-bond donors (Lipinski definition) is 1. The van der Waals surface area contributed by atoms with Crippen molar-refractivity contribution in [3.8, 4) is 0 Å². The van der Waals surface area contributed by atoms with Crippen LogP contribution in [0.25, 0.3) is 0 Å². The molecule has 4 heterocycles. The summed E-state index contributed by atoms with van der Waals surface area (Å²) in [6, 6.07) is 6.07. The summed E-state index contributed by atoms with van der Waals surface area (Å²) in [4.78, 5) is 19.7. The number of hydrogen-bond acceptors (Lipinski definition) is 5. The standard InChI is InChI=1S/C22H20ClF4N5O/c1-11-15(24)8-9-16(28-11)19-30-32(20-17-7-2-4-12(29-17)10-31(19)20)21(33)13-5-3-6-14(18(13)23)22(25,26)27/h3,5-6,8-9,12,17,20,29H,2,4,7,10H2,1H3. The number of nitrogens with zero attached hydrogens (tertiary/aromatic N) is 4. The Morgan fingerprint density at radius 2 is 2.00 bits per heavy atom. The molecular weight excluding hydrogens is 462 g/mol. The Bertz CT molecular complexity index is 1150. The SMILES string of the molecule is Cc1nc(C2=NN(C(=O)c3cccc(C(F)(F)F)c3Cl)C3C4CCCC(CN23)N4)ccc1F. The van der Waals surface area contributed by atoms with Crippen LogP contribution in [0.1, 0.15) is 46.6 Å². The average Bonchev–Trinajstić information content (AvgIpc) is 3.14. The van der Waals surface area contributed by atoms with Gasteiger partial charge in [0.25, 0.3) is 5.91 Å². The third-order valence-corrected chi connectivity index (χ3v) is 6.74. The van der Waals surface area contributed by atoms with Gasteiger partial charge in [-0.1, -0.05) is 24.1 Å². The van der Waals surface area contributed by atoms with Crippen LogP contribution in [0, 0.1) is 12.7 Å². The average molecular weight is 482 g/mol. The Morgan fingerprint density at radius 1 is 1.21 bits per heavy atom. The number of amides is 1. The Balaban J connectivity index is 1.59. The number of piperidine rings is 1. The number of carbonyl (C=O) groups is 1. The molecule has 0 radical (unpaired) electrons. The molecule has 0 spiro atoms. The van der Waals surface area contributed by atoms with Gasteiger partial charge < -0.3 is 10.2 Å². The van der Waals surface area contributed by atoms with Crippen molar-refractivity contribution >= 4 is 23.3 Å². The first-order valence-electron chi connectivity index (χ1n) is 10.6. The van der Waals surface area contributed by atoms with Gasteiger partial charge in [-0.2, -0.15) is 13.2 Å². The molecule has 1 aromatic heterocycles. The van der Waals surface area contributed by atoms with Gasteiger partial charge in [-0.15, -0.1) is 5.10 Å². The summed E-state index contributed by atoms with van der Waals surface area (Å²) in [5.74, 6) is -0.812. The largest absolute Gasteiger partial charge is 0.417 e. The third-order valence-electron chi connectivity index (χ3n) is 6.33. The van der Waals surface area contributed by atoms with Gasteiger partial charge in [-0.05, 0) is 44.0 Å². The van der Waals surface area contributed by atoms with E-state index in [2.05, 4.69) is 15.4 Å². The highest BCUT2D eigenvalue weighted by atomic mass is 35.5. The summed E-state index contributed by atoms with van der Waals surface area (Å²) in [7, 11) is 0. The lowest BCUT2D eigenvalue weighted by Crippen LogP contribution is -2.67. The second-order valence-electron chi connectivity index (χ2n) is 8.47. The number of pyridine rings is 1. The molecule has 0 aliphatic carbocycles. The number of aromatic nitrogens is 1. The van der Waals surface area contributed by atoms with E-state index in [1.165, 1.54) is 30.1 Å². The number of hydrazone groups is 1. The second-order valence-corrected chi connectivity index (χ2v) is 8.85. The van der Waals surface area contributed by atoms with Crippen molar-refractivity contribution in [2.45, 2.75) is 50.6 Å². The zero-order valence-corrected chi connectivity index (χ0v) is 18.3. The van der Waals surface area contributed by atoms with Crippen LogP contribution in [0.4, 0.5) is 17.6 Å². The molecule has 1 N–H and O–H groups in total. The van der Waals surface area contributed by atoms with E-state index in [0.29, 0.717) is 18.1 Å². The van der Waals surface area contributed by atoms with Gasteiger partial charge in [-0.3, -0.25) is 4.79 Å². The smallest absolute Gasteiger partial charge is 0.328 e. The topological polar surface area (TPSA) is 60.8 Å². The van der Waals surface area contributed by atoms with E-state index in [-0.39, 0.29) is 23.3 Å². The molecule has 2 fully saturated rings. The van der Waals surface area contributed by atoms with Crippen molar-refractivity contribution in [1.82, 2.24) is 20.2 Å². The first-order valence-corrected chi connectivity index (χ1v) is 11.0. The second kappa shape index (κ2) is 7.95. The van der Waals surface area contributed by atoms with E-state index in [4.69, 9.17) is 11.6 Å². The first-order chi connectivity index (χ1) is 15.6. The van der Waals surface area contributed by atoms with Gasteiger partial charge in [0.15, 0.2) is 5.84 Å². The number of benzene rings is 1. The lowest BCUT2D eigenvalue weighted by atomic mass is 9.91. The molecule has 5 rings (SSSR count). The van der Waals surface area contributed by atoms with E-state index in [0.717, 1.165) is 31.4 Å². The van der Waals surface area contributed by atoms with Crippen LogP contribution in [-0.2, 0) is 6.18 Å². The summed E-state index contributed by atoms with van der Waals surface area (Å²) in [6.45, 7) is 2.07. The zero-order valence-electron chi connectivity index (χ0n) is 17.5. The molecule has 3 aliphatic heterocycles. The minimum atomic E-state index is -4.70. The molecule has 3 atom stereocenters. The summed E-state index contributed by atoms with van der Waals surface area (Å²) in [5, 5.41) is 8.54. The van der Waals surface area contributed by atoms with E-state index >= 15 is 0 Å². The fraction of sp³-hybridized carbons (Fsp3) is 0.409. The van der Waals surface area contributed by atoms with Gasteiger partial charge in [0.05, 0.1) is 21.8 Å². The highest BCUT2D eigenvalue weighted by Crippen LogP contribution is 2.38. The molecule has 174 valence electrons. The quantitative estimate of drug-likeness (QED) is 0.654. The van der Waals surface area contributed by atoms with Gasteiger partial charge in [0.2, 0.25) is 0 Å². The fourth-order valence-electron chi connectivity index (χ4n) is 4.80. The Hall–Kier alpha value is -2.72. The van der Waals surface area contributed by atoms with Crippen molar-refractivity contribution in [3.05, 3.63) is 63.7 Å². The van der Waals surface area contributed by atoms with Crippen LogP contribution in [0.2, 0.25) is 5.02 Å². The van der Waals surface area contributed by atoms with Crippen molar-refractivity contribution in [3.63, 3.8) is 0 Å². The first kappa shape index (κ1) is 22.1. The molecular formula is C22H20ClF4N5O. The number of fused-ring (bicyclic) bond motifs is 4. The lowest BCUT2D eigenvalue weighted by Gasteiger charge is -2.47. The normalized spacial score (nSPS) is 24.5. The molecule has 3 unspecified atom stereocenters. The molecule has 11 heteroatoms. The van der Waals surface area contributed by atoms with Crippen LogP contribution in [0.3, 0.4) is 0 Å². The predicted molar refractivity (Wildman–Crippen MR) is 113 cm³/mol. The summed E-state index contributed by atoms with van der Waals surface area (Å²) >= 11 is 6.04. The lowest BCUT2D eigenvalue weighted by molar-refractivity contribution is -0.137. The number of piperazine rings is 1. The van der Waals surface area contributed by atoms with Gasteiger partial charge in [0, 0.05) is 18.6 Å². The van der Waals surface area contributed by atoms with Gasteiger partial charge in [-0.25, -0.2) is 14.4 Å². The van der Waals surface area contributed by atoms with Crippen LogP contribution in [0.5, 0.6) is 0 Å². The maximum absolute atomic E-state index is 13.8. The van der Waals surface area contributed by atoms with Crippen molar-refractivity contribution in [2.75, 3.05) is 6.54 Å². The van der Waals surface area contributed by atoms with Crippen LogP contribution in [0.15, 0.2) is 35.4 Å². The van der Waals surface area contributed by atoms with Crippen molar-refractivity contribution in [2.24, 2.45) is 5.10 Å². The van der Waals surface area contributed by atoms with E-state index in [9.17, 15) is 22.4 Å². The maximum atomic E-state index is 13.8. The molecule has 2 aromatic rings. The summed E-state index contributed by atoms with van der Waals surface area (Å²) in [5.41, 5.74) is -0.777. The minimum absolute atomic E-state index is 0.131. The van der Waals surface area contributed by atoms with Gasteiger partial charge >= 0.3 is 6.18 Å². The summed E-state index contributed by atoms with van der Waals surface area (Å²) in [6.07, 6.45) is -2.56. The number of nitrogens with one attached hydrogen (secondary N) is 1. The Morgan fingerprint density at radius 3 is 2.73 bits per heavy atom. The van der Waals surface area contributed by atoms with Crippen LogP contribution < -0.4 is 5.32 Å². The molecule has 1 amide bonds. The minimum Gasteiger partial charge on any atom is -0.328 e. The number of amidine groups is 1. The van der Waals surface area contributed by atoms with E-state index in [1.54, 1.807) is 0 Å². The van der Waals surface area contributed by atoms with Crippen LogP contribution in [-0.4, -0.2) is 51.4 Å². The van der Waals surface area contributed by atoms with Crippen molar-refractivity contribution < 1.29 is 22.4 Å². The molecule has 6 nitrogen and oxygen atoms in total. The molecule has 33 heavy (non-hydrogen) atoms. The van der Waals surface area contributed by atoms with Gasteiger partial charge in [0.1, 0.15) is 17.7 Å². The summed E-state index contributed by atoms with van der Waals surface area (Å²) < 4.78 is 53.9. The molecule has 3 aliphatic rings.